The first-order valence-electron chi connectivity index (χ1n) is 11.8. The minimum atomic E-state index is -0.770. The van der Waals surface area contributed by atoms with Crippen molar-refractivity contribution in [3.63, 3.8) is 0 Å². The van der Waals surface area contributed by atoms with Crippen molar-refractivity contribution in [2.45, 2.75) is 38.2 Å². The number of carbonyl (C=O) groups excluding carboxylic acids is 1. The van der Waals surface area contributed by atoms with Gasteiger partial charge in [0.25, 0.3) is 0 Å². The molecule has 1 aromatic heterocycles. The van der Waals surface area contributed by atoms with Crippen LogP contribution in [0, 0.1) is 6.92 Å². The summed E-state index contributed by atoms with van der Waals surface area (Å²) in [6.45, 7) is 3.54. The molecule has 7 heteroatoms. The summed E-state index contributed by atoms with van der Waals surface area (Å²) in [5.74, 6) is -0.303. The van der Waals surface area contributed by atoms with Gasteiger partial charge in [0.1, 0.15) is 17.5 Å². The number of hydrogen-bond donors (Lipinski definition) is 2. The standard InChI is InChI=1S/C29H26N2O5/c1-18(20-7-4-3-5-8-20)35-28(34)30-25-19(2)36-31-26(25)22-13-11-21(12-14-22)23-9-6-10-24(17-23)29(15-16-29)27(32)33/h3-14,17-18H,15-16H2,1-2H3,(H,30,34)(H,32,33)/t18-/m1/s1. The molecule has 0 spiro atoms. The minimum Gasteiger partial charge on any atom is -0.481 e. The molecule has 0 unspecified atom stereocenters. The van der Waals surface area contributed by atoms with Gasteiger partial charge >= 0.3 is 12.1 Å². The van der Waals surface area contributed by atoms with Gasteiger partial charge < -0.3 is 14.4 Å². The lowest BCUT2D eigenvalue weighted by Crippen LogP contribution is -2.19. The summed E-state index contributed by atoms with van der Waals surface area (Å²) in [4.78, 5) is 24.3. The third-order valence-corrected chi connectivity index (χ3v) is 6.71. The van der Waals surface area contributed by atoms with Gasteiger partial charge in [-0.15, -0.1) is 0 Å². The lowest BCUT2D eigenvalue weighted by molar-refractivity contribution is -0.140. The number of carbonyl (C=O) groups is 2. The molecular formula is C29H26N2O5. The third-order valence-electron chi connectivity index (χ3n) is 6.71. The number of carboxylic acids is 1. The van der Waals surface area contributed by atoms with E-state index in [1.54, 1.807) is 6.92 Å². The topological polar surface area (TPSA) is 102 Å². The fourth-order valence-corrected chi connectivity index (χ4v) is 4.37. The Balaban J connectivity index is 1.33. The van der Waals surface area contributed by atoms with E-state index in [4.69, 9.17) is 9.26 Å². The largest absolute Gasteiger partial charge is 0.481 e. The molecule has 182 valence electrons. The number of carboxylic acid groups (broad SMARTS) is 1. The number of aromatic nitrogens is 1. The Hall–Kier alpha value is -4.39. The zero-order chi connectivity index (χ0) is 25.3. The second-order valence-electron chi connectivity index (χ2n) is 9.09. The lowest BCUT2D eigenvalue weighted by Gasteiger charge is -2.14. The summed E-state index contributed by atoms with van der Waals surface area (Å²) in [6.07, 6.45) is 0.317. The predicted molar refractivity (Wildman–Crippen MR) is 136 cm³/mol. The number of rotatable bonds is 7. The third kappa shape index (κ3) is 4.47. The quantitative estimate of drug-likeness (QED) is 0.302. The summed E-state index contributed by atoms with van der Waals surface area (Å²) < 4.78 is 10.9. The van der Waals surface area contributed by atoms with Gasteiger partial charge in [-0.2, -0.15) is 0 Å². The molecular weight excluding hydrogens is 456 g/mol. The zero-order valence-electron chi connectivity index (χ0n) is 20.0. The van der Waals surface area contributed by atoms with Crippen molar-refractivity contribution >= 4 is 17.7 Å². The summed E-state index contributed by atoms with van der Waals surface area (Å²) in [6, 6.07) is 24.9. The second-order valence-corrected chi connectivity index (χ2v) is 9.09. The van der Waals surface area contributed by atoms with Gasteiger partial charge in [0.05, 0.1) is 5.41 Å². The van der Waals surface area contributed by atoms with Crippen LogP contribution < -0.4 is 5.32 Å². The monoisotopic (exact) mass is 482 g/mol. The SMILES string of the molecule is Cc1onc(-c2ccc(-c3cccc(C4(C(=O)O)CC4)c3)cc2)c1NC(=O)O[C@H](C)c1ccccc1. The Bertz CT molecular complexity index is 1410. The van der Waals surface area contributed by atoms with Crippen molar-refractivity contribution in [3.8, 4) is 22.4 Å². The molecule has 1 fully saturated rings. The molecule has 1 amide bonds. The number of hydrogen-bond acceptors (Lipinski definition) is 5. The first-order valence-corrected chi connectivity index (χ1v) is 11.8. The second kappa shape index (κ2) is 9.34. The molecule has 1 heterocycles. The van der Waals surface area contributed by atoms with E-state index in [1.165, 1.54) is 0 Å². The van der Waals surface area contributed by atoms with Crippen molar-refractivity contribution in [2.75, 3.05) is 5.32 Å². The Kier molecular flexibility index (Phi) is 6.06. The Labute approximate surface area is 208 Å². The highest BCUT2D eigenvalue weighted by Crippen LogP contribution is 2.49. The number of aliphatic carboxylic acids is 1. The molecule has 0 aliphatic heterocycles. The van der Waals surface area contributed by atoms with Crippen LogP contribution in [-0.4, -0.2) is 22.3 Å². The van der Waals surface area contributed by atoms with Gasteiger partial charge in [-0.3, -0.25) is 10.1 Å². The Morgan fingerprint density at radius 3 is 2.33 bits per heavy atom. The number of nitrogens with one attached hydrogen (secondary N) is 1. The normalized spacial score (nSPS) is 14.6. The Morgan fingerprint density at radius 2 is 1.67 bits per heavy atom. The molecule has 1 saturated carbocycles. The van der Waals surface area contributed by atoms with E-state index in [-0.39, 0.29) is 0 Å². The molecule has 2 N–H and O–H groups in total. The number of aryl methyl sites for hydroxylation is 1. The average molecular weight is 483 g/mol. The fourth-order valence-electron chi connectivity index (χ4n) is 4.37. The number of benzene rings is 3. The fraction of sp³-hybridized carbons (Fsp3) is 0.207. The smallest absolute Gasteiger partial charge is 0.412 e. The Morgan fingerprint density at radius 1 is 0.972 bits per heavy atom. The highest BCUT2D eigenvalue weighted by atomic mass is 16.6. The van der Waals surface area contributed by atoms with E-state index in [9.17, 15) is 14.7 Å². The maximum Gasteiger partial charge on any atom is 0.412 e. The maximum absolute atomic E-state index is 12.6. The molecule has 4 aromatic rings. The van der Waals surface area contributed by atoms with Gasteiger partial charge in [0.2, 0.25) is 0 Å². The zero-order valence-corrected chi connectivity index (χ0v) is 20.0. The maximum atomic E-state index is 12.6. The van der Waals surface area contributed by atoms with Crippen LogP contribution in [0.4, 0.5) is 10.5 Å². The molecule has 0 radical (unpaired) electrons. The summed E-state index contributed by atoms with van der Waals surface area (Å²) >= 11 is 0. The molecule has 0 bridgehead atoms. The average Bonchev–Trinajstić information content (AvgIpc) is 3.64. The van der Waals surface area contributed by atoms with E-state index >= 15 is 0 Å². The minimum absolute atomic E-state index is 0.416. The summed E-state index contributed by atoms with van der Waals surface area (Å²) in [5.41, 5.74) is 4.59. The van der Waals surface area contributed by atoms with Crippen LogP contribution in [-0.2, 0) is 14.9 Å². The van der Waals surface area contributed by atoms with E-state index in [1.807, 2.05) is 85.8 Å². The van der Waals surface area contributed by atoms with Crippen molar-refractivity contribution in [1.29, 1.82) is 0 Å². The first-order chi connectivity index (χ1) is 17.4. The number of ether oxygens (including phenoxy) is 1. The van der Waals surface area contributed by atoms with E-state index < -0.39 is 23.6 Å². The van der Waals surface area contributed by atoms with Gasteiger partial charge in [-0.05, 0) is 48.9 Å². The van der Waals surface area contributed by atoms with Crippen molar-refractivity contribution < 1.29 is 24.0 Å². The van der Waals surface area contributed by atoms with Gasteiger partial charge in [-0.1, -0.05) is 84.0 Å². The molecule has 1 aliphatic carbocycles. The first kappa shape index (κ1) is 23.4. The van der Waals surface area contributed by atoms with Crippen LogP contribution in [0.25, 0.3) is 22.4 Å². The molecule has 7 nitrogen and oxygen atoms in total. The van der Waals surface area contributed by atoms with E-state index in [0.29, 0.717) is 30.0 Å². The lowest BCUT2D eigenvalue weighted by atomic mass is 9.92. The number of anilines is 1. The van der Waals surface area contributed by atoms with Crippen LogP contribution in [0.15, 0.2) is 83.4 Å². The van der Waals surface area contributed by atoms with Gasteiger partial charge in [0.15, 0.2) is 5.76 Å². The van der Waals surface area contributed by atoms with Crippen LogP contribution in [0.3, 0.4) is 0 Å². The van der Waals surface area contributed by atoms with Crippen LogP contribution in [0.1, 0.15) is 42.8 Å². The molecule has 3 aromatic carbocycles. The van der Waals surface area contributed by atoms with Crippen LogP contribution in [0.2, 0.25) is 0 Å². The highest BCUT2D eigenvalue weighted by molar-refractivity contribution is 5.91. The van der Waals surface area contributed by atoms with Crippen LogP contribution >= 0.6 is 0 Å². The molecule has 5 rings (SSSR count). The molecule has 1 atom stereocenters. The molecule has 0 saturated heterocycles. The van der Waals surface area contributed by atoms with Crippen LogP contribution in [0.5, 0.6) is 0 Å². The van der Waals surface area contributed by atoms with Crippen molar-refractivity contribution in [1.82, 2.24) is 5.16 Å². The number of amides is 1. The summed E-state index contributed by atoms with van der Waals surface area (Å²) in [7, 11) is 0. The summed E-state index contributed by atoms with van der Waals surface area (Å²) in [5, 5.41) is 16.5. The number of nitrogens with zero attached hydrogens (tertiary/aromatic N) is 1. The molecule has 1 aliphatic rings. The predicted octanol–water partition coefficient (Wildman–Crippen LogP) is 6.74. The van der Waals surface area contributed by atoms with Gasteiger partial charge in [-0.25, -0.2) is 4.79 Å². The van der Waals surface area contributed by atoms with E-state index in [2.05, 4.69) is 10.5 Å². The van der Waals surface area contributed by atoms with Crippen molar-refractivity contribution in [2.24, 2.45) is 0 Å². The highest BCUT2D eigenvalue weighted by Gasteiger charge is 2.51. The molecule has 36 heavy (non-hydrogen) atoms. The van der Waals surface area contributed by atoms with Crippen molar-refractivity contribution in [3.05, 3.63) is 95.7 Å². The van der Waals surface area contributed by atoms with E-state index in [0.717, 1.165) is 27.8 Å². The van der Waals surface area contributed by atoms with Gasteiger partial charge in [0, 0.05) is 5.56 Å².